The molecule has 1 saturated carbocycles. The SMILES string of the molecule is CC1CCCC1C(O)Cc1ccc(F)c(Cl)c1. The quantitative estimate of drug-likeness (QED) is 0.872. The molecule has 0 radical (unpaired) electrons. The fourth-order valence-corrected chi connectivity index (χ4v) is 3.01. The van der Waals surface area contributed by atoms with Gasteiger partial charge in [-0.15, -0.1) is 0 Å². The highest BCUT2D eigenvalue weighted by atomic mass is 35.5. The van der Waals surface area contributed by atoms with Crippen molar-refractivity contribution in [3.63, 3.8) is 0 Å². The van der Waals surface area contributed by atoms with Crippen molar-refractivity contribution in [1.29, 1.82) is 0 Å². The summed E-state index contributed by atoms with van der Waals surface area (Å²) in [6.07, 6.45) is 3.72. The summed E-state index contributed by atoms with van der Waals surface area (Å²) in [7, 11) is 0. The van der Waals surface area contributed by atoms with Crippen LogP contribution in [0.25, 0.3) is 0 Å². The zero-order valence-electron chi connectivity index (χ0n) is 10.00. The Bertz CT molecular complexity index is 394. The van der Waals surface area contributed by atoms with E-state index in [1.807, 2.05) is 0 Å². The maximum absolute atomic E-state index is 13.0. The van der Waals surface area contributed by atoms with Crippen molar-refractivity contribution in [3.8, 4) is 0 Å². The summed E-state index contributed by atoms with van der Waals surface area (Å²) in [4.78, 5) is 0. The molecule has 0 bridgehead atoms. The van der Waals surface area contributed by atoms with Gasteiger partial charge in [-0.1, -0.05) is 37.4 Å². The zero-order chi connectivity index (χ0) is 12.4. The van der Waals surface area contributed by atoms with Crippen LogP contribution < -0.4 is 0 Å². The molecule has 1 aliphatic carbocycles. The summed E-state index contributed by atoms with van der Waals surface area (Å²) in [6, 6.07) is 4.67. The summed E-state index contributed by atoms with van der Waals surface area (Å²) in [6.45, 7) is 2.19. The first kappa shape index (κ1) is 12.8. The van der Waals surface area contributed by atoms with Crippen LogP contribution in [0.2, 0.25) is 5.02 Å². The van der Waals surface area contributed by atoms with Gasteiger partial charge in [0, 0.05) is 0 Å². The monoisotopic (exact) mass is 256 g/mol. The Labute approximate surface area is 107 Å². The number of aliphatic hydroxyl groups is 1. The van der Waals surface area contributed by atoms with Crippen LogP contribution in [0.15, 0.2) is 18.2 Å². The zero-order valence-corrected chi connectivity index (χ0v) is 10.8. The lowest BCUT2D eigenvalue weighted by Gasteiger charge is -2.22. The van der Waals surface area contributed by atoms with Gasteiger partial charge in [0.25, 0.3) is 0 Å². The lowest BCUT2D eigenvalue weighted by atomic mass is 9.88. The molecule has 0 aliphatic heterocycles. The van der Waals surface area contributed by atoms with Gasteiger partial charge in [-0.05, 0) is 42.4 Å². The van der Waals surface area contributed by atoms with Gasteiger partial charge in [0.2, 0.25) is 0 Å². The van der Waals surface area contributed by atoms with Crippen molar-refractivity contribution in [1.82, 2.24) is 0 Å². The topological polar surface area (TPSA) is 20.2 Å². The fraction of sp³-hybridized carbons (Fsp3) is 0.571. The summed E-state index contributed by atoms with van der Waals surface area (Å²) >= 11 is 5.73. The maximum Gasteiger partial charge on any atom is 0.141 e. The third-order valence-electron chi connectivity index (χ3n) is 3.85. The van der Waals surface area contributed by atoms with Crippen LogP contribution >= 0.6 is 11.6 Å². The van der Waals surface area contributed by atoms with Gasteiger partial charge in [-0.25, -0.2) is 4.39 Å². The standard InChI is InChI=1S/C14H18ClFO/c1-9-3-2-4-11(9)14(17)8-10-5-6-13(16)12(15)7-10/h5-7,9,11,14,17H,2-4,8H2,1H3. The molecule has 94 valence electrons. The molecule has 0 aromatic heterocycles. The van der Waals surface area contributed by atoms with Crippen LogP contribution in [-0.4, -0.2) is 11.2 Å². The minimum Gasteiger partial charge on any atom is -0.392 e. The van der Waals surface area contributed by atoms with Crippen molar-refractivity contribution in [2.75, 3.05) is 0 Å². The number of benzene rings is 1. The highest BCUT2D eigenvalue weighted by Crippen LogP contribution is 2.34. The highest BCUT2D eigenvalue weighted by Gasteiger charge is 2.29. The largest absolute Gasteiger partial charge is 0.392 e. The number of halogens is 2. The van der Waals surface area contributed by atoms with Crippen LogP contribution in [0.5, 0.6) is 0 Å². The summed E-state index contributed by atoms with van der Waals surface area (Å²) in [5, 5.41) is 10.3. The first-order valence-electron chi connectivity index (χ1n) is 6.20. The van der Waals surface area contributed by atoms with E-state index in [9.17, 15) is 9.50 Å². The molecule has 2 rings (SSSR count). The molecule has 3 heteroatoms. The van der Waals surface area contributed by atoms with E-state index in [1.165, 1.54) is 18.9 Å². The lowest BCUT2D eigenvalue weighted by molar-refractivity contribution is 0.0901. The predicted octanol–water partition coefficient (Wildman–Crippen LogP) is 3.82. The molecule has 3 atom stereocenters. The van der Waals surface area contributed by atoms with E-state index in [0.717, 1.165) is 12.0 Å². The minimum absolute atomic E-state index is 0.133. The molecule has 3 unspecified atom stereocenters. The van der Waals surface area contributed by atoms with E-state index in [1.54, 1.807) is 12.1 Å². The highest BCUT2D eigenvalue weighted by molar-refractivity contribution is 6.30. The van der Waals surface area contributed by atoms with Gasteiger partial charge in [0.15, 0.2) is 0 Å². The van der Waals surface area contributed by atoms with E-state index >= 15 is 0 Å². The number of hydrogen-bond donors (Lipinski definition) is 1. The Morgan fingerprint density at radius 1 is 1.47 bits per heavy atom. The van der Waals surface area contributed by atoms with Gasteiger partial charge >= 0.3 is 0 Å². The van der Waals surface area contributed by atoms with Crippen LogP contribution in [0.4, 0.5) is 4.39 Å². The fourth-order valence-electron chi connectivity index (χ4n) is 2.81. The first-order valence-corrected chi connectivity index (χ1v) is 6.57. The molecule has 1 aliphatic rings. The van der Waals surface area contributed by atoms with Crippen LogP contribution in [0.1, 0.15) is 31.7 Å². The molecule has 1 fully saturated rings. The third kappa shape index (κ3) is 2.99. The van der Waals surface area contributed by atoms with Crippen molar-refractivity contribution in [2.24, 2.45) is 11.8 Å². The second kappa shape index (κ2) is 5.36. The van der Waals surface area contributed by atoms with Crippen LogP contribution in [0, 0.1) is 17.7 Å². The Hall–Kier alpha value is -0.600. The Kier molecular flexibility index (Phi) is 4.05. The van der Waals surface area contributed by atoms with E-state index in [4.69, 9.17) is 11.6 Å². The molecular weight excluding hydrogens is 239 g/mol. The van der Waals surface area contributed by atoms with Crippen molar-refractivity contribution >= 4 is 11.6 Å². The Morgan fingerprint density at radius 2 is 2.24 bits per heavy atom. The average Bonchev–Trinajstić information content (AvgIpc) is 2.70. The molecule has 0 amide bonds. The molecule has 0 spiro atoms. The van der Waals surface area contributed by atoms with Crippen molar-refractivity contribution < 1.29 is 9.50 Å². The van der Waals surface area contributed by atoms with Crippen molar-refractivity contribution in [2.45, 2.75) is 38.7 Å². The smallest absolute Gasteiger partial charge is 0.141 e. The van der Waals surface area contributed by atoms with Crippen LogP contribution in [0.3, 0.4) is 0 Å². The van der Waals surface area contributed by atoms with Gasteiger partial charge in [0.1, 0.15) is 5.82 Å². The molecule has 1 N–H and O–H groups in total. The normalized spacial score (nSPS) is 26.1. The van der Waals surface area contributed by atoms with E-state index in [2.05, 4.69) is 6.92 Å². The maximum atomic E-state index is 13.0. The lowest BCUT2D eigenvalue weighted by Crippen LogP contribution is -2.24. The van der Waals surface area contributed by atoms with Gasteiger partial charge in [-0.2, -0.15) is 0 Å². The molecule has 1 aromatic rings. The second-order valence-electron chi connectivity index (χ2n) is 5.09. The summed E-state index contributed by atoms with van der Waals surface area (Å²) in [5.74, 6) is 0.555. The second-order valence-corrected chi connectivity index (χ2v) is 5.50. The number of rotatable bonds is 3. The van der Waals surface area contributed by atoms with Gasteiger partial charge in [0.05, 0.1) is 11.1 Å². The Morgan fingerprint density at radius 3 is 2.82 bits per heavy atom. The van der Waals surface area contributed by atoms with E-state index in [-0.39, 0.29) is 11.1 Å². The average molecular weight is 257 g/mol. The van der Waals surface area contributed by atoms with E-state index < -0.39 is 5.82 Å². The van der Waals surface area contributed by atoms with Crippen LogP contribution in [-0.2, 0) is 6.42 Å². The van der Waals surface area contributed by atoms with Gasteiger partial charge < -0.3 is 5.11 Å². The molecule has 1 aromatic carbocycles. The molecule has 1 nitrogen and oxygen atoms in total. The molecule has 0 saturated heterocycles. The number of aliphatic hydroxyl groups excluding tert-OH is 1. The summed E-state index contributed by atoms with van der Waals surface area (Å²) < 4.78 is 13.0. The summed E-state index contributed by atoms with van der Waals surface area (Å²) in [5.41, 5.74) is 0.906. The molecule has 17 heavy (non-hydrogen) atoms. The molecule has 0 heterocycles. The third-order valence-corrected chi connectivity index (χ3v) is 4.14. The first-order chi connectivity index (χ1) is 8.08. The number of hydrogen-bond acceptors (Lipinski definition) is 1. The van der Waals surface area contributed by atoms with Crippen molar-refractivity contribution in [3.05, 3.63) is 34.6 Å². The minimum atomic E-state index is -0.404. The molecular formula is C14H18ClFO. The van der Waals surface area contributed by atoms with E-state index in [0.29, 0.717) is 18.3 Å². The predicted molar refractivity (Wildman–Crippen MR) is 67.6 cm³/mol. The van der Waals surface area contributed by atoms with Gasteiger partial charge in [-0.3, -0.25) is 0 Å². The Balaban J connectivity index is 2.02.